The van der Waals surface area contributed by atoms with Gasteiger partial charge in [0.25, 0.3) is 0 Å². The Hall–Kier alpha value is -3.56. The fourth-order valence-electron chi connectivity index (χ4n) is 7.37. The molecule has 298 valence electrons. The number of nitrogens with zero attached hydrogens (tertiary/aromatic N) is 1. The zero-order valence-electron chi connectivity index (χ0n) is 35.1. The molecule has 0 aliphatic carbocycles. The van der Waals surface area contributed by atoms with E-state index in [2.05, 4.69) is 39.0 Å². The lowest BCUT2D eigenvalue weighted by atomic mass is 9.89. The van der Waals surface area contributed by atoms with Crippen molar-refractivity contribution in [3.63, 3.8) is 0 Å². The first kappa shape index (κ1) is 44.2. The summed E-state index contributed by atoms with van der Waals surface area (Å²) in [5.74, 6) is 0.0474. The summed E-state index contributed by atoms with van der Waals surface area (Å²) in [7, 11) is -8.58. The van der Waals surface area contributed by atoms with Gasteiger partial charge < -0.3 is 0 Å². The summed E-state index contributed by atoms with van der Waals surface area (Å²) in [6.07, 6.45) is 1.59. The van der Waals surface area contributed by atoms with Crippen LogP contribution in [-0.2, 0) is 20.0 Å². The number of benzene rings is 4. The second-order valence-electron chi connectivity index (χ2n) is 16.7. The van der Waals surface area contributed by atoms with Gasteiger partial charge in [-0.25, -0.2) is 21.6 Å². The van der Waals surface area contributed by atoms with E-state index in [1.165, 1.54) is 4.31 Å². The average molecular weight is 785 g/mol. The van der Waals surface area contributed by atoms with Crippen LogP contribution in [0.15, 0.2) is 107 Å². The second-order valence-corrected chi connectivity index (χ2v) is 20.2. The Morgan fingerprint density at radius 3 is 1.24 bits per heavy atom. The van der Waals surface area contributed by atoms with Gasteiger partial charge in [0, 0.05) is 6.54 Å². The number of hydrogen-bond donors (Lipinski definition) is 1. The third-order valence-electron chi connectivity index (χ3n) is 10.5. The molecule has 8 heteroatoms. The Balaban J connectivity index is 2.12. The average Bonchev–Trinajstić information content (AvgIpc) is 3.13. The van der Waals surface area contributed by atoms with Crippen LogP contribution >= 0.6 is 0 Å². The van der Waals surface area contributed by atoms with Gasteiger partial charge in [-0.05, 0) is 80.0 Å². The summed E-state index contributed by atoms with van der Waals surface area (Å²) in [5, 5.41) is 0. The Kier molecular flexibility index (Phi) is 14.6. The molecule has 0 aromatic heterocycles. The van der Waals surface area contributed by atoms with Crippen LogP contribution in [0.5, 0.6) is 0 Å². The number of nitrogens with one attached hydrogen (secondary N) is 1. The summed E-state index contributed by atoms with van der Waals surface area (Å²) in [5.41, 5.74) is 6.46. The first-order valence-corrected chi connectivity index (χ1v) is 22.8. The Morgan fingerprint density at radius 2 is 0.891 bits per heavy atom. The molecule has 55 heavy (non-hydrogen) atoms. The van der Waals surface area contributed by atoms with Crippen molar-refractivity contribution in [1.29, 1.82) is 0 Å². The molecule has 0 heterocycles. The normalized spacial score (nSPS) is 13.9. The van der Waals surface area contributed by atoms with Crippen molar-refractivity contribution in [2.75, 3.05) is 6.54 Å². The van der Waals surface area contributed by atoms with E-state index in [1.807, 2.05) is 140 Å². The highest BCUT2D eigenvalue weighted by Crippen LogP contribution is 2.44. The lowest BCUT2D eigenvalue weighted by Gasteiger charge is -2.38. The molecule has 0 unspecified atom stereocenters. The van der Waals surface area contributed by atoms with Crippen molar-refractivity contribution in [3.8, 4) is 0 Å². The molecule has 2 atom stereocenters. The standard InChI is InChI=1S/C47H64N2O4S2/c1-14-25-49(55(52,53)47-42(34(10)11)28-39(31(4)5)29-43(47)35(12)13)45(37-23-19-16-20-24-37)44(36-21-17-15-18-22-36)48-54(50,51)46-40(32(6)7)26-38(30(2)3)27-41(46)33(8)9/h14-24,26-35,44-45,48H,1,25H2,2-13H3/t44-,45+/m0/s1. The van der Waals surface area contributed by atoms with Gasteiger partial charge >= 0.3 is 0 Å². The molecule has 4 rings (SSSR count). The summed E-state index contributed by atoms with van der Waals surface area (Å²) in [6, 6.07) is 24.8. The first-order valence-electron chi connectivity index (χ1n) is 19.8. The SMILES string of the molecule is C=CCN([C@H](c1ccccc1)[C@@H](NS(=O)(=O)c1c(C(C)C)cc(C(C)C)cc1C(C)C)c1ccccc1)S(=O)(=O)c1c(C(C)C)cc(C(C)C)cc1C(C)C. The van der Waals surface area contributed by atoms with Crippen LogP contribution < -0.4 is 4.72 Å². The van der Waals surface area contributed by atoms with Crippen LogP contribution in [0, 0.1) is 0 Å². The smallest absolute Gasteiger partial charge is 0.207 e. The summed E-state index contributed by atoms with van der Waals surface area (Å²) in [6.45, 7) is 28.6. The quantitative estimate of drug-likeness (QED) is 0.108. The van der Waals surface area contributed by atoms with Gasteiger partial charge in [-0.3, -0.25) is 0 Å². The van der Waals surface area contributed by atoms with E-state index in [9.17, 15) is 0 Å². The Labute approximate surface area is 333 Å². The highest BCUT2D eigenvalue weighted by Gasteiger charge is 2.42. The van der Waals surface area contributed by atoms with E-state index in [1.54, 1.807) is 6.08 Å². The maximum atomic E-state index is 15.7. The van der Waals surface area contributed by atoms with Crippen molar-refractivity contribution in [2.24, 2.45) is 0 Å². The number of rotatable bonds is 17. The minimum atomic E-state index is -4.31. The predicted molar refractivity (Wildman–Crippen MR) is 230 cm³/mol. The molecule has 0 radical (unpaired) electrons. The third kappa shape index (κ3) is 9.70. The van der Waals surface area contributed by atoms with Crippen LogP contribution in [0.4, 0.5) is 0 Å². The van der Waals surface area contributed by atoms with Gasteiger partial charge in [0.15, 0.2) is 0 Å². The molecule has 4 aromatic rings. The highest BCUT2D eigenvalue weighted by molar-refractivity contribution is 7.90. The molecular formula is C47H64N2O4S2. The minimum Gasteiger partial charge on any atom is -0.207 e. The molecule has 1 N–H and O–H groups in total. The molecule has 0 aliphatic rings. The maximum absolute atomic E-state index is 15.7. The summed E-state index contributed by atoms with van der Waals surface area (Å²) >= 11 is 0. The van der Waals surface area contributed by atoms with E-state index in [4.69, 9.17) is 0 Å². The topological polar surface area (TPSA) is 83.6 Å². The molecule has 0 saturated carbocycles. The molecule has 0 amide bonds. The van der Waals surface area contributed by atoms with Crippen LogP contribution in [0.25, 0.3) is 0 Å². The van der Waals surface area contributed by atoms with Crippen LogP contribution in [0.2, 0.25) is 0 Å². The first-order chi connectivity index (χ1) is 25.7. The fourth-order valence-corrected chi connectivity index (χ4v) is 11.6. The van der Waals surface area contributed by atoms with E-state index >= 15 is 16.8 Å². The van der Waals surface area contributed by atoms with Gasteiger partial charge in [-0.2, -0.15) is 4.31 Å². The largest absolute Gasteiger partial charge is 0.244 e. The Bertz CT molecular complexity index is 2080. The van der Waals surface area contributed by atoms with Gasteiger partial charge in [-0.1, -0.05) is 174 Å². The molecule has 4 aromatic carbocycles. The van der Waals surface area contributed by atoms with Crippen molar-refractivity contribution >= 4 is 20.0 Å². The minimum absolute atomic E-state index is 0.0501. The molecule has 0 fully saturated rings. The van der Waals surface area contributed by atoms with Crippen molar-refractivity contribution in [2.45, 2.75) is 140 Å². The molecule has 0 spiro atoms. The summed E-state index contributed by atoms with van der Waals surface area (Å²) < 4.78 is 66.6. The van der Waals surface area contributed by atoms with E-state index in [-0.39, 0.29) is 51.8 Å². The van der Waals surface area contributed by atoms with E-state index < -0.39 is 32.1 Å². The van der Waals surface area contributed by atoms with Gasteiger partial charge in [0.05, 0.1) is 21.9 Å². The lowest BCUT2D eigenvalue weighted by Crippen LogP contribution is -2.44. The van der Waals surface area contributed by atoms with E-state index in [0.29, 0.717) is 11.1 Å². The monoisotopic (exact) mass is 784 g/mol. The fraction of sp³-hybridized carbons (Fsp3) is 0.447. The molecule has 6 nitrogen and oxygen atoms in total. The lowest BCUT2D eigenvalue weighted by molar-refractivity contribution is 0.293. The van der Waals surface area contributed by atoms with Gasteiger partial charge in [-0.15, -0.1) is 6.58 Å². The molecular weight excluding hydrogens is 721 g/mol. The van der Waals surface area contributed by atoms with Gasteiger partial charge in [0.1, 0.15) is 0 Å². The van der Waals surface area contributed by atoms with Crippen LogP contribution in [-0.4, -0.2) is 27.7 Å². The Morgan fingerprint density at radius 1 is 0.527 bits per heavy atom. The van der Waals surface area contributed by atoms with E-state index in [0.717, 1.165) is 33.4 Å². The molecule has 0 aliphatic heterocycles. The zero-order chi connectivity index (χ0) is 41.0. The predicted octanol–water partition coefficient (Wildman–Crippen LogP) is 12.1. The maximum Gasteiger partial charge on any atom is 0.244 e. The zero-order valence-corrected chi connectivity index (χ0v) is 36.7. The number of sulfonamides is 2. The summed E-state index contributed by atoms with van der Waals surface area (Å²) in [4.78, 5) is 0.550. The van der Waals surface area contributed by atoms with Crippen molar-refractivity contribution in [3.05, 3.63) is 142 Å². The van der Waals surface area contributed by atoms with Crippen LogP contribution in [0.1, 0.15) is 175 Å². The van der Waals surface area contributed by atoms with Crippen molar-refractivity contribution < 1.29 is 16.8 Å². The van der Waals surface area contributed by atoms with Crippen molar-refractivity contribution in [1.82, 2.24) is 9.03 Å². The highest BCUT2D eigenvalue weighted by atomic mass is 32.2. The van der Waals surface area contributed by atoms with Crippen LogP contribution in [0.3, 0.4) is 0 Å². The van der Waals surface area contributed by atoms with Gasteiger partial charge in [0.2, 0.25) is 20.0 Å². The molecule has 0 bridgehead atoms. The second kappa shape index (κ2) is 18.1. The third-order valence-corrected chi connectivity index (χ3v) is 14.1. The number of hydrogen-bond acceptors (Lipinski definition) is 4. The molecule has 0 saturated heterocycles.